The third-order valence-corrected chi connectivity index (χ3v) is 3.09. The molecule has 2 aromatic rings. The van der Waals surface area contributed by atoms with Crippen molar-refractivity contribution in [2.75, 3.05) is 10.7 Å². The highest BCUT2D eigenvalue weighted by Crippen LogP contribution is 2.21. The van der Waals surface area contributed by atoms with Crippen molar-refractivity contribution in [2.45, 2.75) is 13.8 Å². The van der Waals surface area contributed by atoms with E-state index in [1.54, 1.807) is 31.2 Å². The number of anilines is 2. The van der Waals surface area contributed by atoms with Gasteiger partial charge in [0.1, 0.15) is 5.82 Å². The molecule has 0 aliphatic heterocycles. The molecule has 0 aromatic heterocycles. The molecule has 104 valence electrons. The highest BCUT2D eigenvalue weighted by atomic mass is 19.1. The molecule has 0 spiro atoms. The average Bonchev–Trinajstić information content (AvgIpc) is 2.43. The molecule has 0 radical (unpaired) electrons. The van der Waals surface area contributed by atoms with Gasteiger partial charge in [-0.05, 0) is 38.1 Å². The van der Waals surface area contributed by atoms with Gasteiger partial charge in [0.25, 0.3) is 5.91 Å². The van der Waals surface area contributed by atoms with Crippen molar-refractivity contribution in [1.29, 1.82) is 0 Å². The molecule has 4 nitrogen and oxygen atoms in total. The Morgan fingerprint density at radius 3 is 2.60 bits per heavy atom. The summed E-state index contributed by atoms with van der Waals surface area (Å²) in [6, 6.07) is 9.85. The predicted octanol–water partition coefficient (Wildman–Crippen LogP) is 2.98. The fourth-order valence-electron chi connectivity index (χ4n) is 1.90. The van der Waals surface area contributed by atoms with Crippen molar-refractivity contribution in [3.63, 3.8) is 0 Å². The zero-order valence-corrected chi connectivity index (χ0v) is 11.3. The molecule has 2 aromatic carbocycles. The Labute approximate surface area is 116 Å². The van der Waals surface area contributed by atoms with E-state index in [2.05, 4.69) is 10.7 Å². The Morgan fingerprint density at radius 1 is 1.15 bits per heavy atom. The van der Waals surface area contributed by atoms with Gasteiger partial charge in [-0.1, -0.05) is 17.7 Å². The molecule has 4 N–H and O–H groups in total. The largest absolute Gasteiger partial charge is 0.323 e. The van der Waals surface area contributed by atoms with Crippen LogP contribution in [0.25, 0.3) is 0 Å². The summed E-state index contributed by atoms with van der Waals surface area (Å²) in [6.07, 6.45) is 0. The summed E-state index contributed by atoms with van der Waals surface area (Å²) in [5.41, 5.74) is 5.19. The van der Waals surface area contributed by atoms with Crippen molar-refractivity contribution in [3.8, 4) is 0 Å². The molecule has 0 atom stereocenters. The minimum atomic E-state index is -0.357. The molecule has 0 heterocycles. The topological polar surface area (TPSA) is 67.1 Å². The van der Waals surface area contributed by atoms with Gasteiger partial charge in [-0.25, -0.2) is 4.39 Å². The average molecular weight is 273 g/mol. The Hall–Kier alpha value is -2.40. The van der Waals surface area contributed by atoms with Gasteiger partial charge in [0, 0.05) is 11.3 Å². The van der Waals surface area contributed by atoms with Gasteiger partial charge in [0.05, 0.1) is 11.3 Å². The first kappa shape index (κ1) is 14.0. The van der Waals surface area contributed by atoms with Crippen LogP contribution in [-0.2, 0) is 0 Å². The fourth-order valence-corrected chi connectivity index (χ4v) is 1.90. The van der Waals surface area contributed by atoms with Crippen LogP contribution in [0.5, 0.6) is 0 Å². The Balaban J connectivity index is 2.33. The Morgan fingerprint density at radius 2 is 1.90 bits per heavy atom. The SMILES string of the molecule is Cc1ccc(NN)c(C(=O)Nc2cccc(F)c2C)c1. The summed E-state index contributed by atoms with van der Waals surface area (Å²) in [4.78, 5) is 12.3. The number of nitrogens with one attached hydrogen (secondary N) is 2. The lowest BCUT2D eigenvalue weighted by Gasteiger charge is -2.12. The lowest BCUT2D eigenvalue weighted by atomic mass is 10.1. The highest BCUT2D eigenvalue weighted by molar-refractivity contribution is 6.08. The second-order valence-electron chi connectivity index (χ2n) is 4.56. The summed E-state index contributed by atoms with van der Waals surface area (Å²) in [7, 11) is 0. The van der Waals surface area contributed by atoms with Crippen LogP contribution in [0.4, 0.5) is 15.8 Å². The fraction of sp³-hybridized carbons (Fsp3) is 0.133. The second-order valence-corrected chi connectivity index (χ2v) is 4.56. The standard InChI is InChI=1S/C15H16FN3O/c1-9-6-7-14(19-17)11(8-9)15(20)18-13-5-3-4-12(16)10(13)2/h3-8,19H,17H2,1-2H3,(H,18,20). The number of hydrogen-bond acceptors (Lipinski definition) is 3. The summed E-state index contributed by atoms with van der Waals surface area (Å²) in [5.74, 6) is 4.70. The number of hydrazine groups is 1. The Kier molecular flexibility index (Phi) is 4.00. The van der Waals surface area contributed by atoms with E-state index in [-0.39, 0.29) is 11.7 Å². The van der Waals surface area contributed by atoms with Crippen molar-refractivity contribution in [2.24, 2.45) is 5.84 Å². The van der Waals surface area contributed by atoms with Crippen LogP contribution < -0.4 is 16.6 Å². The van der Waals surface area contributed by atoms with Crippen LogP contribution in [0, 0.1) is 19.7 Å². The first-order chi connectivity index (χ1) is 9.52. The third kappa shape index (κ3) is 2.78. The van der Waals surface area contributed by atoms with E-state index < -0.39 is 0 Å². The maximum atomic E-state index is 13.5. The van der Waals surface area contributed by atoms with Gasteiger partial charge in [0.2, 0.25) is 0 Å². The predicted molar refractivity (Wildman–Crippen MR) is 78.1 cm³/mol. The molecule has 0 saturated heterocycles. The van der Waals surface area contributed by atoms with E-state index >= 15 is 0 Å². The van der Waals surface area contributed by atoms with Gasteiger partial charge in [-0.15, -0.1) is 0 Å². The van der Waals surface area contributed by atoms with Gasteiger partial charge in [-0.2, -0.15) is 0 Å². The monoisotopic (exact) mass is 273 g/mol. The lowest BCUT2D eigenvalue weighted by Crippen LogP contribution is -2.18. The van der Waals surface area contributed by atoms with Crippen molar-refractivity contribution < 1.29 is 9.18 Å². The number of hydrogen-bond donors (Lipinski definition) is 3. The molecular weight excluding hydrogens is 257 g/mol. The zero-order valence-electron chi connectivity index (χ0n) is 11.3. The van der Waals surface area contributed by atoms with E-state index in [4.69, 9.17) is 5.84 Å². The van der Waals surface area contributed by atoms with E-state index in [0.29, 0.717) is 22.5 Å². The van der Waals surface area contributed by atoms with Crippen LogP contribution in [0.3, 0.4) is 0 Å². The van der Waals surface area contributed by atoms with Crippen molar-refractivity contribution in [1.82, 2.24) is 0 Å². The first-order valence-electron chi connectivity index (χ1n) is 6.16. The third-order valence-electron chi connectivity index (χ3n) is 3.09. The van der Waals surface area contributed by atoms with E-state index in [0.717, 1.165) is 5.56 Å². The highest BCUT2D eigenvalue weighted by Gasteiger charge is 2.13. The maximum absolute atomic E-state index is 13.5. The normalized spacial score (nSPS) is 10.2. The van der Waals surface area contributed by atoms with Crippen LogP contribution in [0.1, 0.15) is 21.5 Å². The minimum absolute atomic E-state index is 0.338. The van der Waals surface area contributed by atoms with Gasteiger partial charge in [-0.3, -0.25) is 10.6 Å². The number of carbonyl (C=O) groups is 1. The summed E-state index contributed by atoms with van der Waals surface area (Å²) in [5, 5.41) is 2.69. The number of nitrogens with two attached hydrogens (primary N) is 1. The number of aryl methyl sites for hydroxylation is 1. The van der Waals surface area contributed by atoms with Crippen LogP contribution in [0.15, 0.2) is 36.4 Å². The summed E-state index contributed by atoms with van der Waals surface area (Å²) < 4.78 is 13.5. The number of rotatable bonds is 3. The van der Waals surface area contributed by atoms with Gasteiger partial charge in [0.15, 0.2) is 0 Å². The summed E-state index contributed by atoms with van der Waals surface area (Å²) >= 11 is 0. The molecule has 1 amide bonds. The molecular formula is C15H16FN3O. The zero-order chi connectivity index (χ0) is 14.7. The molecule has 0 bridgehead atoms. The number of nitrogen functional groups attached to an aromatic ring is 1. The molecule has 0 unspecified atom stereocenters. The quantitative estimate of drug-likeness (QED) is 0.595. The second kappa shape index (κ2) is 5.71. The number of halogens is 1. The van der Waals surface area contributed by atoms with Crippen LogP contribution in [-0.4, -0.2) is 5.91 Å². The summed E-state index contributed by atoms with van der Waals surface area (Å²) in [6.45, 7) is 3.49. The van der Waals surface area contributed by atoms with E-state index in [1.807, 2.05) is 13.0 Å². The molecule has 20 heavy (non-hydrogen) atoms. The van der Waals surface area contributed by atoms with E-state index in [1.165, 1.54) is 6.07 Å². The van der Waals surface area contributed by atoms with Crippen molar-refractivity contribution in [3.05, 3.63) is 58.9 Å². The maximum Gasteiger partial charge on any atom is 0.257 e. The first-order valence-corrected chi connectivity index (χ1v) is 6.16. The van der Waals surface area contributed by atoms with E-state index in [9.17, 15) is 9.18 Å². The molecule has 5 heteroatoms. The number of benzene rings is 2. The molecule has 0 aliphatic carbocycles. The molecule has 2 rings (SSSR count). The van der Waals surface area contributed by atoms with Crippen molar-refractivity contribution >= 4 is 17.3 Å². The van der Waals surface area contributed by atoms with Gasteiger partial charge >= 0.3 is 0 Å². The molecule has 0 saturated carbocycles. The van der Waals surface area contributed by atoms with Gasteiger partial charge < -0.3 is 10.7 Å². The Bertz CT molecular complexity index is 656. The molecule has 0 aliphatic rings. The van der Waals surface area contributed by atoms with Crippen LogP contribution >= 0.6 is 0 Å². The minimum Gasteiger partial charge on any atom is -0.323 e. The molecule has 0 fully saturated rings. The number of carbonyl (C=O) groups excluding carboxylic acids is 1. The lowest BCUT2D eigenvalue weighted by molar-refractivity contribution is 0.102. The number of amides is 1. The van der Waals surface area contributed by atoms with Crippen LogP contribution in [0.2, 0.25) is 0 Å². The smallest absolute Gasteiger partial charge is 0.257 e.